The van der Waals surface area contributed by atoms with Crippen molar-refractivity contribution in [3.05, 3.63) is 65.5 Å². The SMILES string of the molecule is Cc1ccccc1C(O)C(CN)c1ccccn1. The third-order valence-electron chi connectivity index (χ3n) is 3.21. The molecule has 0 fully saturated rings. The van der Waals surface area contributed by atoms with Crippen LogP contribution in [-0.2, 0) is 0 Å². The summed E-state index contributed by atoms with van der Waals surface area (Å²) >= 11 is 0. The number of aryl methyl sites for hydroxylation is 1. The molecule has 1 heterocycles. The van der Waals surface area contributed by atoms with E-state index in [-0.39, 0.29) is 5.92 Å². The number of rotatable bonds is 4. The van der Waals surface area contributed by atoms with Crippen LogP contribution in [0, 0.1) is 6.92 Å². The average molecular weight is 242 g/mol. The van der Waals surface area contributed by atoms with Gasteiger partial charge in [-0.05, 0) is 30.2 Å². The Morgan fingerprint density at radius 1 is 1.17 bits per heavy atom. The molecule has 2 atom stereocenters. The number of hydrogen-bond acceptors (Lipinski definition) is 3. The van der Waals surface area contributed by atoms with Crippen LogP contribution in [0.4, 0.5) is 0 Å². The maximum Gasteiger partial charge on any atom is 0.0888 e. The molecule has 3 heteroatoms. The largest absolute Gasteiger partial charge is 0.388 e. The van der Waals surface area contributed by atoms with E-state index in [4.69, 9.17) is 5.73 Å². The summed E-state index contributed by atoms with van der Waals surface area (Å²) in [5, 5.41) is 10.5. The zero-order chi connectivity index (χ0) is 13.0. The smallest absolute Gasteiger partial charge is 0.0888 e. The van der Waals surface area contributed by atoms with Crippen molar-refractivity contribution in [1.82, 2.24) is 4.98 Å². The van der Waals surface area contributed by atoms with Gasteiger partial charge in [0, 0.05) is 24.4 Å². The molecule has 0 amide bonds. The van der Waals surface area contributed by atoms with Crippen molar-refractivity contribution >= 4 is 0 Å². The second-order valence-corrected chi connectivity index (χ2v) is 4.40. The quantitative estimate of drug-likeness (QED) is 0.863. The molecule has 3 N–H and O–H groups in total. The molecule has 0 aliphatic rings. The Labute approximate surface area is 107 Å². The lowest BCUT2D eigenvalue weighted by molar-refractivity contribution is 0.145. The highest BCUT2D eigenvalue weighted by Crippen LogP contribution is 2.30. The topological polar surface area (TPSA) is 59.1 Å². The molecule has 1 aromatic heterocycles. The summed E-state index contributed by atoms with van der Waals surface area (Å²) < 4.78 is 0. The second-order valence-electron chi connectivity index (χ2n) is 4.40. The lowest BCUT2D eigenvalue weighted by atomic mass is 9.90. The van der Waals surface area contributed by atoms with Gasteiger partial charge in [0.1, 0.15) is 0 Å². The monoisotopic (exact) mass is 242 g/mol. The number of nitrogens with zero attached hydrogens (tertiary/aromatic N) is 1. The molecule has 0 saturated carbocycles. The Morgan fingerprint density at radius 3 is 2.50 bits per heavy atom. The van der Waals surface area contributed by atoms with Crippen molar-refractivity contribution in [2.24, 2.45) is 5.73 Å². The minimum Gasteiger partial charge on any atom is -0.388 e. The third-order valence-corrected chi connectivity index (χ3v) is 3.21. The van der Waals surface area contributed by atoms with Crippen molar-refractivity contribution in [2.75, 3.05) is 6.54 Å². The van der Waals surface area contributed by atoms with E-state index in [1.54, 1.807) is 6.20 Å². The van der Waals surface area contributed by atoms with Crippen LogP contribution >= 0.6 is 0 Å². The van der Waals surface area contributed by atoms with E-state index >= 15 is 0 Å². The van der Waals surface area contributed by atoms with Crippen LogP contribution < -0.4 is 5.73 Å². The molecule has 0 aliphatic carbocycles. The molecular formula is C15H18N2O. The van der Waals surface area contributed by atoms with Gasteiger partial charge in [0.2, 0.25) is 0 Å². The number of benzene rings is 1. The summed E-state index contributed by atoms with van der Waals surface area (Å²) in [6.07, 6.45) is 1.11. The van der Waals surface area contributed by atoms with Crippen molar-refractivity contribution < 1.29 is 5.11 Å². The average Bonchev–Trinajstić information content (AvgIpc) is 2.41. The van der Waals surface area contributed by atoms with Crippen molar-refractivity contribution in [3.63, 3.8) is 0 Å². The van der Waals surface area contributed by atoms with Crippen LogP contribution in [0.25, 0.3) is 0 Å². The van der Waals surface area contributed by atoms with Crippen LogP contribution in [0.15, 0.2) is 48.7 Å². The normalized spacial score (nSPS) is 14.2. The summed E-state index contributed by atoms with van der Waals surface area (Å²) in [6.45, 7) is 2.36. The predicted molar refractivity (Wildman–Crippen MR) is 72.2 cm³/mol. The Bertz CT molecular complexity index is 499. The van der Waals surface area contributed by atoms with Crippen molar-refractivity contribution in [3.8, 4) is 0 Å². The molecule has 3 nitrogen and oxygen atoms in total. The van der Waals surface area contributed by atoms with Crippen LogP contribution in [0.3, 0.4) is 0 Å². The molecule has 0 bridgehead atoms. The van der Waals surface area contributed by atoms with Crippen LogP contribution in [-0.4, -0.2) is 16.6 Å². The summed E-state index contributed by atoms with van der Waals surface area (Å²) in [6, 6.07) is 13.5. The Hall–Kier alpha value is -1.71. The molecule has 2 rings (SSSR count). The van der Waals surface area contributed by atoms with Gasteiger partial charge in [0.05, 0.1) is 6.10 Å². The van der Waals surface area contributed by atoms with Gasteiger partial charge in [-0.2, -0.15) is 0 Å². The molecule has 0 aliphatic heterocycles. The van der Waals surface area contributed by atoms with E-state index in [1.165, 1.54) is 0 Å². The zero-order valence-corrected chi connectivity index (χ0v) is 10.5. The van der Waals surface area contributed by atoms with E-state index in [1.807, 2.05) is 49.4 Å². The molecule has 94 valence electrons. The summed E-state index contributed by atoms with van der Waals surface area (Å²) in [4.78, 5) is 4.29. The van der Waals surface area contributed by atoms with Crippen LogP contribution in [0.5, 0.6) is 0 Å². The fraction of sp³-hybridized carbons (Fsp3) is 0.267. The highest BCUT2D eigenvalue weighted by atomic mass is 16.3. The number of nitrogens with two attached hydrogens (primary N) is 1. The molecule has 0 spiro atoms. The fourth-order valence-electron chi connectivity index (χ4n) is 2.14. The first-order chi connectivity index (χ1) is 8.74. The van der Waals surface area contributed by atoms with Gasteiger partial charge in [0.15, 0.2) is 0 Å². The first-order valence-corrected chi connectivity index (χ1v) is 6.08. The molecular weight excluding hydrogens is 224 g/mol. The highest BCUT2D eigenvalue weighted by Gasteiger charge is 2.23. The fourth-order valence-corrected chi connectivity index (χ4v) is 2.14. The van der Waals surface area contributed by atoms with Gasteiger partial charge in [-0.3, -0.25) is 4.98 Å². The predicted octanol–water partition coefficient (Wildman–Crippen LogP) is 2.17. The van der Waals surface area contributed by atoms with E-state index in [9.17, 15) is 5.11 Å². The minimum atomic E-state index is -0.619. The van der Waals surface area contributed by atoms with Gasteiger partial charge in [-0.15, -0.1) is 0 Å². The van der Waals surface area contributed by atoms with Crippen molar-refractivity contribution in [2.45, 2.75) is 18.9 Å². The minimum absolute atomic E-state index is 0.174. The number of aliphatic hydroxyl groups excluding tert-OH is 1. The van der Waals surface area contributed by atoms with E-state index in [0.29, 0.717) is 6.54 Å². The summed E-state index contributed by atoms with van der Waals surface area (Å²) in [7, 11) is 0. The molecule has 18 heavy (non-hydrogen) atoms. The first kappa shape index (κ1) is 12.7. The maximum atomic E-state index is 10.5. The number of pyridine rings is 1. The Morgan fingerprint density at radius 2 is 1.89 bits per heavy atom. The van der Waals surface area contributed by atoms with Crippen molar-refractivity contribution in [1.29, 1.82) is 0 Å². The molecule has 0 saturated heterocycles. The second kappa shape index (κ2) is 5.76. The zero-order valence-electron chi connectivity index (χ0n) is 10.5. The summed E-state index contributed by atoms with van der Waals surface area (Å²) in [5.74, 6) is -0.174. The molecule has 1 aromatic carbocycles. The van der Waals surface area contributed by atoms with E-state index < -0.39 is 6.10 Å². The van der Waals surface area contributed by atoms with Gasteiger partial charge in [-0.1, -0.05) is 30.3 Å². The molecule has 2 unspecified atom stereocenters. The number of aromatic nitrogens is 1. The Balaban J connectivity index is 2.32. The molecule has 2 aromatic rings. The van der Waals surface area contributed by atoms with Gasteiger partial charge < -0.3 is 10.8 Å². The number of aliphatic hydroxyl groups is 1. The lowest BCUT2D eigenvalue weighted by Gasteiger charge is -2.22. The van der Waals surface area contributed by atoms with Gasteiger partial charge in [-0.25, -0.2) is 0 Å². The highest BCUT2D eigenvalue weighted by molar-refractivity contribution is 5.30. The lowest BCUT2D eigenvalue weighted by Crippen LogP contribution is -2.21. The number of hydrogen-bond donors (Lipinski definition) is 2. The van der Waals surface area contributed by atoms with E-state index in [0.717, 1.165) is 16.8 Å². The van der Waals surface area contributed by atoms with Gasteiger partial charge >= 0.3 is 0 Å². The molecule has 0 radical (unpaired) electrons. The Kier molecular flexibility index (Phi) is 4.07. The first-order valence-electron chi connectivity index (χ1n) is 6.08. The van der Waals surface area contributed by atoms with Gasteiger partial charge in [0.25, 0.3) is 0 Å². The maximum absolute atomic E-state index is 10.5. The standard InChI is InChI=1S/C15H18N2O/c1-11-6-2-3-7-12(11)15(18)13(10-16)14-8-4-5-9-17-14/h2-9,13,15,18H,10,16H2,1H3. The van der Waals surface area contributed by atoms with Crippen LogP contribution in [0.1, 0.15) is 28.8 Å². The van der Waals surface area contributed by atoms with Crippen LogP contribution in [0.2, 0.25) is 0 Å². The summed E-state index contributed by atoms with van der Waals surface area (Å²) in [5.41, 5.74) is 8.61. The van der Waals surface area contributed by atoms with E-state index in [2.05, 4.69) is 4.98 Å². The third kappa shape index (κ3) is 2.58.